The standard InChI is InChI=1S/C20H18BrNO4/c1-13-2-4-14(5-3-13)18(23)12-26-20(25)15-10-19(24)22(11-15)17-8-6-16(21)7-9-17/h2-9,15H,10-12H2,1H3/t15-/m1/s1. The molecule has 1 aliphatic heterocycles. The number of esters is 1. The van der Waals surface area contributed by atoms with E-state index in [0.717, 1.165) is 15.7 Å². The van der Waals surface area contributed by atoms with Crippen molar-refractivity contribution >= 4 is 39.3 Å². The second-order valence-corrected chi connectivity index (χ2v) is 7.19. The molecule has 2 aromatic carbocycles. The van der Waals surface area contributed by atoms with Gasteiger partial charge in [0.25, 0.3) is 0 Å². The lowest BCUT2D eigenvalue weighted by Crippen LogP contribution is -2.27. The number of aryl methyl sites for hydroxylation is 1. The molecule has 0 unspecified atom stereocenters. The average Bonchev–Trinajstić information content (AvgIpc) is 3.02. The Balaban J connectivity index is 1.57. The van der Waals surface area contributed by atoms with Crippen LogP contribution in [0.25, 0.3) is 0 Å². The van der Waals surface area contributed by atoms with Gasteiger partial charge in [0.05, 0.1) is 5.92 Å². The molecule has 1 amide bonds. The van der Waals surface area contributed by atoms with E-state index in [0.29, 0.717) is 5.56 Å². The van der Waals surface area contributed by atoms with Crippen LogP contribution in [0.1, 0.15) is 22.3 Å². The lowest BCUT2D eigenvalue weighted by Gasteiger charge is -2.16. The molecule has 0 saturated carbocycles. The van der Waals surface area contributed by atoms with Crippen molar-refractivity contribution in [2.45, 2.75) is 13.3 Å². The number of hydrogen-bond acceptors (Lipinski definition) is 4. The fraction of sp³-hybridized carbons (Fsp3) is 0.250. The largest absolute Gasteiger partial charge is 0.457 e. The summed E-state index contributed by atoms with van der Waals surface area (Å²) in [7, 11) is 0. The molecule has 0 N–H and O–H groups in total. The summed E-state index contributed by atoms with van der Waals surface area (Å²) in [6, 6.07) is 14.4. The molecule has 134 valence electrons. The van der Waals surface area contributed by atoms with Gasteiger partial charge in [-0.05, 0) is 31.2 Å². The molecule has 1 atom stereocenters. The van der Waals surface area contributed by atoms with Crippen molar-refractivity contribution in [1.82, 2.24) is 0 Å². The van der Waals surface area contributed by atoms with Gasteiger partial charge in [-0.25, -0.2) is 0 Å². The van der Waals surface area contributed by atoms with Gasteiger partial charge in [-0.3, -0.25) is 14.4 Å². The monoisotopic (exact) mass is 415 g/mol. The second-order valence-electron chi connectivity index (χ2n) is 6.28. The lowest BCUT2D eigenvalue weighted by atomic mass is 10.1. The first-order valence-electron chi connectivity index (χ1n) is 8.26. The number of halogens is 1. The van der Waals surface area contributed by atoms with Gasteiger partial charge in [-0.15, -0.1) is 0 Å². The molecule has 0 radical (unpaired) electrons. The maximum absolute atomic E-state index is 12.3. The third-order valence-electron chi connectivity index (χ3n) is 4.32. The summed E-state index contributed by atoms with van der Waals surface area (Å²) in [5.74, 6) is -1.46. The third kappa shape index (κ3) is 4.19. The van der Waals surface area contributed by atoms with E-state index in [1.54, 1.807) is 17.0 Å². The van der Waals surface area contributed by atoms with Crippen molar-refractivity contribution in [3.63, 3.8) is 0 Å². The summed E-state index contributed by atoms with van der Waals surface area (Å²) < 4.78 is 6.06. The highest BCUT2D eigenvalue weighted by Gasteiger charge is 2.36. The van der Waals surface area contributed by atoms with Gasteiger partial charge in [0.15, 0.2) is 12.4 Å². The minimum atomic E-state index is -0.558. The predicted molar refractivity (Wildman–Crippen MR) is 101 cm³/mol. The molecule has 1 saturated heterocycles. The fourth-order valence-corrected chi connectivity index (χ4v) is 3.08. The van der Waals surface area contributed by atoms with Crippen molar-refractivity contribution in [2.75, 3.05) is 18.1 Å². The van der Waals surface area contributed by atoms with Crippen LogP contribution >= 0.6 is 15.9 Å². The quantitative estimate of drug-likeness (QED) is 0.553. The number of carbonyl (C=O) groups is 3. The number of rotatable bonds is 5. The van der Waals surface area contributed by atoms with Crippen molar-refractivity contribution < 1.29 is 19.1 Å². The van der Waals surface area contributed by atoms with E-state index in [2.05, 4.69) is 15.9 Å². The summed E-state index contributed by atoms with van der Waals surface area (Å²) in [5.41, 5.74) is 2.29. The maximum Gasteiger partial charge on any atom is 0.311 e. The zero-order chi connectivity index (χ0) is 18.7. The highest BCUT2D eigenvalue weighted by molar-refractivity contribution is 9.10. The Morgan fingerprint density at radius 1 is 1.12 bits per heavy atom. The molecule has 3 rings (SSSR count). The average molecular weight is 416 g/mol. The van der Waals surface area contributed by atoms with E-state index in [1.807, 2.05) is 43.3 Å². The molecule has 6 heteroatoms. The van der Waals surface area contributed by atoms with Gasteiger partial charge in [-0.1, -0.05) is 45.8 Å². The van der Waals surface area contributed by atoms with E-state index in [1.165, 1.54) is 0 Å². The molecule has 0 bridgehead atoms. The molecule has 0 spiro atoms. The predicted octanol–water partition coefficient (Wildman–Crippen LogP) is 3.54. The van der Waals surface area contributed by atoms with Crippen LogP contribution in [0, 0.1) is 12.8 Å². The molecule has 5 nitrogen and oxygen atoms in total. The summed E-state index contributed by atoms with van der Waals surface area (Å²) >= 11 is 3.35. The number of nitrogens with zero attached hydrogens (tertiary/aromatic N) is 1. The Hall–Kier alpha value is -2.47. The Morgan fingerprint density at radius 2 is 1.77 bits per heavy atom. The lowest BCUT2D eigenvalue weighted by molar-refractivity contribution is -0.147. The Morgan fingerprint density at radius 3 is 2.42 bits per heavy atom. The van der Waals surface area contributed by atoms with Gasteiger partial charge in [0.1, 0.15) is 0 Å². The smallest absolute Gasteiger partial charge is 0.311 e. The summed E-state index contributed by atoms with van der Waals surface area (Å²) in [5, 5.41) is 0. The molecule has 1 heterocycles. The highest BCUT2D eigenvalue weighted by Crippen LogP contribution is 2.27. The van der Waals surface area contributed by atoms with Gasteiger partial charge in [-0.2, -0.15) is 0 Å². The number of hydrogen-bond donors (Lipinski definition) is 0. The van der Waals surface area contributed by atoms with Gasteiger partial charge in [0.2, 0.25) is 5.91 Å². The molecule has 0 aliphatic carbocycles. The SMILES string of the molecule is Cc1ccc(C(=O)COC(=O)[C@@H]2CC(=O)N(c3ccc(Br)cc3)C2)cc1. The van der Waals surface area contributed by atoms with Gasteiger partial charge in [0, 0.05) is 28.7 Å². The number of Topliss-reactive ketones (excluding diaryl/α,β-unsaturated/α-hetero) is 1. The van der Waals surface area contributed by atoms with E-state index in [-0.39, 0.29) is 31.3 Å². The van der Waals surface area contributed by atoms with Gasteiger partial charge >= 0.3 is 5.97 Å². The molecular formula is C20H18BrNO4. The Labute approximate surface area is 160 Å². The van der Waals surface area contributed by atoms with E-state index < -0.39 is 11.9 Å². The van der Waals surface area contributed by atoms with Crippen molar-refractivity contribution in [3.05, 3.63) is 64.1 Å². The third-order valence-corrected chi connectivity index (χ3v) is 4.84. The van der Waals surface area contributed by atoms with Crippen molar-refractivity contribution in [2.24, 2.45) is 5.92 Å². The number of amides is 1. The van der Waals surface area contributed by atoms with Crippen molar-refractivity contribution in [3.8, 4) is 0 Å². The van der Waals surface area contributed by atoms with Crippen LogP contribution in [-0.4, -0.2) is 30.8 Å². The van der Waals surface area contributed by atoms with Crippen LogP contribution in [0.5, 0.6) is 0 Å². The molecule has 26 heavy (non-hydrogen) atoms. The maximum atomic E-state index is 12.3. The minimum Gasteiger partial charge on any atom is -0.457 e. The van der Waals surface area contributed by atoms with Crippen LogP contribution in [0.2, 0.25) is 0 Å². The molecular weight excluding hydrogens is 398 g/mol. The summed E-state index contributed by atoms with van der Waals surface area (Å²) in [6.07, 6.45) is 0.0909. The zero-order valence-corrected chi connectivity index (χ0v) is 15.9. The van der Waals surface area contributed by atoms with Crippen LogP contribution in [0.4, 0.5) is 5.69 Å². The number of benzene rings is 2. The summed E-state index contributed by atoms with van der Waals surface area (Å²) in [6.45, 7) is 1.88. The van der Waals surface area contributed by atoms with E-state index in [4.69, 9.17) is 4.74 Å². The van der Waals surface area contributed by atoms with Crippen molar-refractivity contribution in [1.29, 1.82) is 0 Å². The Bertz CT molecular complexity index is 830. The Kier molecular flexibility index (Phi) is 5.52. The minimum absolute atomic E-state index is 0.0909. The number of carbonyl (C=O) groups excluding carboxylic acids is 3. The first-order valence-corrected chi connectivity index (χ1v) is 9.06. The normalized spacial score (nSPS) is 16.6. The van der Waals surface area contributed by atoms with E-state index in [9.17, 15) is 14.4 Å². The molecule has 1 fully saturated rings. The molecule has 1 aliphatic rings. The van der Waals surface area contributed by atoms with Gasteiger partial charge < -0.3 is 9.64 Å². The molecule has 0 aromatic heterocycles. The van der Waals surface area contributed by atoms with E-state index >= 15 is 0 Å². The second kappa shape index (κ2) is 7.83. The summed E-state index contributed by atoms with van der Waals surface area (Å²) in [4.78, 5) is 38.1. The topological polar surface area (TPSA) is 63.7 Å². The fourth-order valence-electron chi connectivity index (χ4n) is 2.81. The highest BCUT2D eigenvalue weighted by atomic mass is 79.9. The van der Waals surface area contributed by atoms with Crippen LogP contribution in [0.3, 0.4) is 0 Å². The van der Waals surface area contributed by atoms with Crippen LogP contribution in [-0.2, 0) is 14.3 Å². The molecule has 2 aromatic rings. The van der Waals surface area contributed by atoms with Crippen LogP contribution < -0.4 is 4.90 Å². The first-order chi connectivity index (χ1) is 12.4. The zero-order valence-electron chi connectivity index (χ0n) is 14.3. The first kappa shape index (κ1) is 18.3. The number of ether oxygens (including phenoxy) is 1. The number of anilines is 1. The number of ketones is 1. The van der Waals surface area contributed by atoms with Crippen LogP contribution in [0.15, 0.2) is 53.0 Å².